The maximum absolute atomic E-state index is 12.5. The molecule has 1 amide bonds. The zero-order chi connectivity index (χ0) is 16.2. The van der Waals surface area contributed by atoms with Gasteiger partial charge in [0.05, 0.1) is 18.8 Å². The zero-order valence-corrected chi connectivity index (χ0v) is 13.7. The molecule has 1 unspecified atom stereocenters. The molecule has 3 heterocycles. The van der Waals surface area contributed by atoms with Crippen LogP contribution in [-0.2, 0) is 17.8 Å². The van der Waals surface area contributed by atoms with E-state index in [2.05, 4.69) is 15.2 Å². The number of hydrogen-bond donors (Lipinski definition) is 0. The largest absolute Gasteiger partial charge is 0.339 e. The lowest BCUT2D eigenvalue weighted by Gasteiger charge is -2.24. The van der Waals surface area contributed by atoms with Crippen LogP contribution in [0.15, 0.2) is 16.9 Å². The normalized spacial score (nSPS) is 17.8. The molecule has 0 saturated carbocycles. The fraction of sp³-hybridized carbons (Fsp3) is 0.625. The van der Waals surface area contributed by atoms with Crippen molar-refractivity contribution in [3.05, 3.63) is 29.7 Å². The standard InChI is InChI=1S/C16H23N5O2/c1-12-9-17-20(10-12)11-14-5-4-8-21(14)16(22)7-3-6-15-18-13(2)19-23-15/h9-10,14H,3-8,11H2,1-2H3. The molecule has 1 atom stereocenters. The first kappa shape index (κ1) is 15.7. The van der Waals surface area contributed by atoms with E-state index in [9.17, 15) is 4.79 Å². The van der Waals surface area contributed by atoms with Crippen LogP contribution in [0.1, 0.15) is 43.0 Å². The van der Waals surface area contributed by atoms with Gasteiger partial charge < -0.3 is 9.42 Å². The van der Waals surface area contributed by atoms with Gasteiger partial charge in [-0.1, -0.05) is 5.16 Å². The van der Waals surface area contributed by atoms with E-state index in [0.717, 1.165) is 37.9 Å². The molecule has 1 aliphatic heterocycles. The maximum atomic E-state index is 12.5. The summed E-state index contributed by atoms with van der Waals surface area (Å²) >= 11 is 0. The van der Waals surface area contributed by atoms with Gasteiger partial charge in [0.2, 0.25) is 11.8 Å². The molecule has 7 nitrogen and oxygen atoms in total. The van der Waals surface area contributed by atoms with Gasteiger partial charge in [-0.25, -0.2) is 0 Å². The molecule has 0 spiro atoms. The number of aryl methyl sites for hydroxylation is 3. The van der Waals surface area contributed by atoms with E-state index in [1.165, 1.54) is 0 Å². The van der Waals surface area contributed by atoms with Crippen molar-refractivity contribution < 1.29 is 9.32 Å². The quantitative estimate of drug-likeness (QED) is 0.813. The van der Waals surface area contributed by atoms with Crippen molar-refractivity contribution >= 4 is 5.91 Å². The average Bonchev–Trinajstić information content (AvgIpc) is 3.22. The fourth-order valence-corrected chi connectivity index (χ4v) is 3.11. The van der Waals surface area contributed by atoms with Crippen molar-refractivity contribution in [1.29, 1.82) is 0 Å². The smallest absolute Gasteiger partial charge is 0.226 e. The minimum Gasteiger partial charge on any atom is -0.339 e. The van der Waals surface area contributed by atoms with Crippen LogP contribution < -0.4 is 0 Å². The minimum absolute atomic E-state index is 0.215. The molecule has 1 fully saturated rings. The van der Waals surface area contributed by atoms with Crippen LogP contribution >= 0.6 is 0 Å². The summed E-state index contributed by atoms with van der Waals surface area (Å²) in [7, 11) is 0. The van der Waals surface area contributed by atoms with Crippen molar-refractivity contribution in [2.45, 2.75) is 58.5 Å². The van der Waals surface area contributed by atoms with Crippen LogP contribution in [0, 0.1) is 13.8 Å². The lowest BCUT2D eigenvalue weighted by atomic mass is 10.2. The van der Waals surface area contributed by atoms with Gasteiger partial charge in [-0.3, -0.25) is 9.48 Å². The van der Waals surface area contributed by atoms with Crippen LogP contribution in [0.25, 0.3) is 0 Å². The van der Waals surface area contributed by atoms with E-state index in [-0.39, 0.29) is 11.9 Å². The average molecular weight is 317 g/mol. The van der Waals surface area contributed by atoms with E-state index < -0.39 is 0 Å². The van der Waals surface area contributed by atoms with E-state index in [0.29, 0.717) is 24.6 Å². The summed E-state index contributed by atoms with van der Waals surface area (Å²) in [5.74, 6) is 1.47. The van der Waals surface area contributed by atoms with E-state index in [1.807, 2.05) is 28.9 Å². The molecule has 0 radical (unpaired) electrons. The van der Waals surface area contributed by atoms with Crippen LogP contribution in [0.5, 0.6) is 0 Å². The van der Waals surface area contributed by atoms with Gasteiger partial charge in [-0.05, 0) is 38.7 Å². The lowest BCUT2D eigenvalue weighted by molar-refractivity contribution is -0.132. The molecule has 124 valence electrons. The maximum Gasteiger partial charge on any atom is 0.226 e. The molecule has 0 aliphatic carbocycles. The number of nitrogens with zero attached hydrogens (tertiary/aromatic N) is 5. The fourth-order valence-electron chi connectivity index (χ4n) is 3.11. The van der Waals surface area contributed by atoms with Crippen LogP contribution in [0.4, 0.5) is 0 Å². The number of carbonyl (C=O) groups is 1. The van der Waals surface area contributed by atoms with Crippen LogP contribution in [0.2, 0.25) is 0 Å². The molecule has 2 aromatic heterocycles. The molecule has 1 saturated heterocycles. The zero-order valence-electron chi connectivity index (χ0n) is 13.7. The van der Waals surface area contributed by atoms with Crippen molar-refractivity contribution in [3.63, 3.8) is 0 Å². The van der Waals surface area contributed by atoms with Gasteiger partial charge in [-0.15, -0.1) is 0 Å². The molecule has 3 rings (SSSR count). The van der Waals surface area contributed by atoms with Gasteiger partial charge in [0.25, 0.3) is 0 Å². The predicted octanol–water partition coefficient (Wildman–Crippen LogP) is 1.90. The van der Waals surface area contributed by atoms with Crippen molar-refractivity contribution in [2.75, 3.05) is 6.54 Å². The Labute approximate surface area is 135 Å². The van der Waals surface area contributed by atoms with Crippen molar-refractivity contribution in [2.24, 2.45) is 0 Å². The summed E-state index contributed by atoms with van der Waals surface area (Å²) in [6, 6.07) is 0.257. The highest BCUT2D eigenvalue weighted by molar-refractivity contribution is 5.76. The van der Waals surface area contributed by atoms with Crippen LogP contribution in [-0.4, -0.2) is 43.3 Å². The molecule has 1 aliphatic rings. The Bertz CT molecular complexity index is 663. The van der Waals surface area contributed by atoms with Crippen LogP contribution in [0.3, 0.4) is 0 Å². The molecule has 7 heteroatoms. The van der Waals surface area contributed by atoms with E-state index >= 15 is 0 Å². The molecular weight excluding hydrogens is 294 g/mol. The predicted molar refractivity (Wildman–Crippen MR) is 83.7 cm³/mol. The summed E-state index contributed by atoms with van der Waals surface area (Å²) in [4.78, 5) is 18.7. The second kappa shape index (κ2) is 6.93. The summed E-state index contributed by atoms with van der Waals surface area (Å²) in [5.41, 5.74) is 1.15. The monoisotopic (exact) mass is 317 g/mol. The topological polar surface area (TPSA) is 77.1 Å². The molecule has 0 aromatic carbocycles. The molecule has 2 aromatic rings. The number of carbonyl (C=O) groups excluding carboxylic acids is 1. The SMILES string of the molecule is Cc1cnn(CC2CCCN2C(=O)CCCc2nc(C)no2)c1. The Morgan fingerprint density at radius 2 is 2.30 bits per heavy atom. The van der Waals surface area contributed by atoms with Gasteiger partial charge in [0.1, 0.15) is 0 Å². The Kier molecular flexibility index (Phi) is 4.73. The number of aromatic nitrogens is 4. The number of amides is 1. The number of rotatable bonds is 6. The molecule has 23 heavy (non-hydrogen) atoms. The van der Waals surface area contributed by atoms with E-state index in [1.54, 1.807) is 6.92 Å². The summed E-state index contributed by atoms with van der Waals surface area (Å²) < 4.78 is 7.01. The first-order chi connectivity index (χ1) is 11.1. The first-order valence-corrected chi connectivity index (χ1v) is 8.19. The van der Waals surface area contributed by atoms with E-state index in [4.69, 9.17) is 4.52 Å². The van der Waals surface area contributed by atoms with Gasteiger partial charge in [-0.2, -0.15) is 10.1 Å². The summed E-state index contributed by atoms with van der Waals surface area (Å²) in [6.45, 7) is 5.45. The molecular formula is C16H23N5O2. The third-order valence-corrected chi connectivity index (χ3v) is 4.21. The third kappa shape index (κ3) is 3.97. The second-order valence-corrected chi connectivity index (χ2v) is 6.21. The Morgan fingerprint density at radius 3 is 3.00 bits per heavy atom. The Morgan fingerprint density at radius 1 is 1.43 bits per heavy atom. The molecule has 0 N–H and O–H groups in total. The second-order valence-electron chi connectivity index (χ2n) is 6.21. The Hall–Kier alpha value is -2.18. The van der Waals surface area contributed by atoms with Crippen molar-refractivity contribution in [3.8, 4) is 0 Å². The van der Waals surface area contributed by atoms with Gasteiger partial charge in [0, 0.05) is 25.6 Å². The third-order valence-electron chi connectivity index (χ3n) is 4.21. The number of likely N-dealkylation sites (tertiary alicyclic amines) is 1. The Balaban J connectivity index is 1.49. The van der Waals surface area contributed by atoms with Gasteiger partial charge >= 0.3 is 0 Å². The molecule has 0 bridgehead atoms. The highest BCUT2D eigenvalue weighted by atomic mass is 16.5. The first-order valence-electron chi connectivity index (χ1n) is 8.19. The van der Waals surface area contributed by atoms with Crippen molar-refractivity contribution in [1.82, 2.24) is 24.8 Å². The highest BCUT2D eigenvalue weighted by Crippen LogP contribution is 2.20. The van der Waals surface area contributed by atoms with Gasteiger partial charge in [0.15, 0.2) is 5.82 Å². The number of hydrogen-bond acceptors (Lipinski definition) is 5. The summed E-state index contributed by atoms with van der Waals surface area (Å²) in [6.07, 6.45) is 7.92. The lowest BCUT2D eigenvalue weighted by Crippen LogP contribution is -2.38. The minimum atomic E-state index is 0.215. The summed E-state index contributed by atoms with van der Waals surface area (Å²) in [5, 5.41) is 8.09. The highest BCUT2D eigenvalue weighted by Gasteiger charge is 2.28.